The summed E-state index contributed by atoms with van der Waals surface area (Å²) in [6.07, 6.45) is -1.88. The number of hydrogen-bond donors (Lipinski definition) is 3. The third-order valence-electron chi connectivity index (χ3n) is 7.04. The number of H-pyrrole nitrogens is 2. The first kappa shape index (κ1) is 28.9. The quantitative estimate of drug-likeness (QED) is 0.270. The largest absolute Gasteiger partial charge is 0.465 e. The number of fused-ring (bicyclic) bond motifs is 3. The lowest BCUT2D eigenvalue weighted by molar-refractivity contribution is -0.141. The number of aromatic amines is 2. The van der Waals surface area contributed by atoms with Crippen molar-refractivity contribution in [1.82, 2.24) is 19.9 Å². The molecular weight excluding hydrogens is 525 g/mol. The van der Waals surface area contributed by atoms with Gasteiger partial charge in [0.1, 0.15) is 11.4 Å². The van der Waals surface area contributed by atoms with Gasteiger partial charge in [-0.1, -0.05) is 39.0 Å². The van der Waals surface area contributed by atoms with Crippen LogP contribution in [-0.4, -0.2) is 57.1 Å². The molecule has 4 aromatic rings. The van der Waals surface area contributed by atoms with Gasteiger partial charge in [-0.3, -0.25) is 4.79 Å². The predicted octanol–water partition coefficient (Wildman–Crippen LogP) is 5.94. The SMILES string of the molecule is CC.COC(=O)c1c(C(F)(F)F)[nH]c(C)c1C1/C(=C\CO)N(C(=O)c2cc3c(cn2)[nH]c2ccccc23)CC1C. The molecule has 1 aromatic carbocycles. The summed E-state index contributed by atoms with van der Waals surface area (Å²) in [5, 5.41) is 11.5. The second kappa shape index (κ2) is 11.2. The van der Waals surface area contributed by atoms with E-state index in [1.165, 1.54) is 17.9 Å². The molecule has 3 N–H and O–H groups in total. The van der Waals surface area contributed by atoms with Crippen molar-refractivity contribution >= 4 is 33.7 Å². The molecule has 1 aliphatic heterocycles. The highest BCUT2D eigenvalue weighted by Crippen LogP contribution is 2.47. The highest BCUT2D eigenvalue weighted by atomic mass is 19.4. The molecule has 0 spiro atoms. The van der Waals surface area contributed by atoms with Crippen molar-refractivity contribution in [3.8, 4) is 0 Å². The number of aliphatic hydroxyl groups excluding tert-OH is 1. The number of aromatic nitrogens is 3. The average molecular weight is 557 g/mol. The van der Waals surface area contributed by atoms with Crippen LogP contribution in [0.1, 0.15) is 64.5 Å². The van der Waals surface area contributed by atoms with Gasteiger partial charge in [0.15, 0.2) is 0 Å². The molecule has 1 saturated heterocycles. The molecule has 2 unspecified atom stereocenters. The summed E-state index contributed by atoms with van der Waals surface area (Å²) in [7, 11) is 1.01. The Bertz CT molecular complexity index is 1600. The van der Waals surface area contributed by atoms with Gasteiger partial charge in [0.05, 0.1) is 31.0 Å². The Kier molecular flexibility index (Phi) is 8.06. The monoisotopic (exact) mass is 556 g/mol. The highest BCUT2D eigenvalue weighted by molar-refractivity contribution is 6.09. The van der Waals surface area contributed by atoms with Crippen LogP contribution in [-0.2, 0) is 10.9 Å². The zero-order chi connectivity index (χ0) is 29.4. The Morgan fingerprint density at radius 3 is 2.52 bits per heavy atom. The molecule has 8 nitrogen and oxygen atoms in total. The summed E-state index contributed by atoms with van der Waals surface area (Å²) in [6.45, 7) is 6.91. The lowest BCUT2D eigenvalue weighted by atomic mass is 9.85. The summed E-state index contributed by atoms with van der Waals surface area (Å²) in [5.74, 6) is -2.77. The third-order valence-corrected chi connectivity index (χ3v) is 7.04. The number of nitrogens with zero attached hydrogens (tertiary/aromatic N) is 2. The number of alkyl halides is 3. The zero-order valence-corrected chi connectivity index (χ0v) is 22.8. The number of nitrogens with one attached hydrogen (secondary N) is 2. The van der Waals surface area contributed by atoms with Crippen LogP contribution in [0.5, 0.6) is 0 Å². The molecule has 0 aliphatic carbocycles. The maximum atomic E-state index is 13.8. The molecule has 3 aromatic heterocycles. The first-order chi connectivity index (χ1) is 19.1. The highest BCUT2D eigenvalue weighted by Gasteiger charge is 2.46. The molecule has 0 radical (unpaired) electrons. The molecule has 0 bridgehead atoms. The van der Waals surface area contributed by atoms with E-state index in [1.807, 2.05) is 38.1 Å². The minimum atomic E-state index is -4.83. The van der Waals surface area contributed by atoms with Gasteiger partial charge in [-0.05, 0) is 36.6 Å². The maximum Gasteiger partial charge on any atom is 0.432 e. The minimum Gasteiger partial charge on any atom is -0.465 e. The molecule has 212 valence electrons. The Balaban J connectivity index is 0.00000181. The number of pyridine rings is 1. The topological polar surface area (TPSA) is 111 Å². The number of carbonyl (C=O) groups is 2. The number of esters is 1. The number of hydrogen-bond acceptors (Lipinski definition) is 5. The molecular formula is C29H31F3N4O4. The Morgan fingerprint density at radius 2 is 1.88 bits per heavy atom. The van der Waals surface area contributed by atoms with Crippen LogP contribution in [0.4, 0.5) is 13.2 Å². The number of likely N-dealkylation sites (tertiary alicyclic amines) is 1. The summed E-state index contributed by atoms with van der Waals surface area (Å²) < 4.78 is 46.2. The second-order valence-corrected chi connectivity index (χ2v) is 9.37. The van der Waals surface area contributed by atoms with Crippen molar-refractivity contribution in [1.29, 1.82) is 0 Å². The molecule has 5 rings (SSSR count). The molecule has 0 saturated carbocycles. The van der Waals surface area contributed by atoms with E-state index in [4.69, 9.17) is 4.74 Å². The van der Waals surface area contributed by atoms with Crippen LogP contribution >= 0.6 is 0 Å². The fourth-order valence-corrected chi connectivity index (χ4v) is 5.48. The number of halogens is 3. The van der Waals surface area contributed by atoms with E-state index in [1.54, 1.807) is 19.2 Å². The fourth-order valence-electron chi connectivity index (χ4n) is 5.48. The van der Waals surface area contributed by atoms with Crippen LogP contribution < -0.4 is 0 Å². The van der Waals surface area contributed by atoms with E-state index in [-0.39, 0.29) is 29.4 Å². The number of methoxy groups -OCH3 is 1. The number of ether oxygens (including phenoxy) is 1. The number of aliphatic hydroxyl groups is 1. The first-order valence-electron chi connectivity index (χ1n) is 12.9. The number of amides is 1. The second-order valence-electron chi connectivity index (χ2n) is 9.37. The smallest absolute Gasteiger partial charge is 0.432 e. The van der Waals surface area contributed by atoms with Gasteiger partial charge in [-0.2, -0.15) is 13.2 Å². The van der Waals surface area contributed by atoms with Gasteiger partial charge < -0.3 is 24.7 Å². The normalized spacial score (nSPS) is 18.3. The minimum absolute atomic E-state index is 0.0896. The van der Waals surface area contributed by atoms with Crippen LogP contribution in [0, 0.1) is 12.8 Å². The molecule has 11 heteroatoms. The standard InChI is InChI=1S/C27H25F3N4O4.C2H6/c1-13-12-34(25(36)18-10-16-15-6-4-5-7-17(15)33-19(16)11-31-18)20(8-9-35)21(13)22-14(2)32-24(27(28,29)30)23(22)26(37)38-3;1-2/h4-8,10-11,13,21,32-33,35H,9,12H2,1-3H3;1-2H3/b20-8+;. The van der Waals surface area contributed by atoms with E-state index < -0.39 is 41.8 Å². The van der Waals surface area contributed by atoms with E-state index in [9.17, 15) is 27.9 Å². The van der Waals surface area contributed by atoms with Gasteiger partial charge in [-0.15, -0.1) is 0 Å². The average Bonchev–Trinajstić information content (AvgIpc) is 3.59. The zero-order valence-electron chi connectivity index (χ0n) is 22.8. The van der Waals surface area contributed by atoms with Crippen molar-refractivity contribution in [2.24, 2.45) is 5.92 Å². The van der Waals surface area contributed by atoms with Crippen LogP contribution in [0.3, 0.4) is 0 Å². The molecule has 1 aliphatic rings. The van der Waals surface area contributed by atoms with E-state index in [2.05, 4.69) is 15.0 Å². The number of benzene rings is 1. The van der Waals surface area contributed by atoms with Gasteiger partial charge in [0, 0.05) is 40.1 Å². The van der Waals surface area contributed by atoms with Crippen LogP contribution in [0.25, 0.3) is 21.8 Å². The predicted molar refractivity (Wildman–Crippen MR) is 145 cm³/mol. The third kappa shape index (κ3) is 4.85. The lowest BCUT2D eigenvalue weighted by Crippen LogP contribution is -2.28. The molecule has 1 fully saturated rings. The Morgan fingerprint density at radius 1 is 1.18 bits per heavy atom. The van der Waals surface area contributed by atoms with Crippen molar-refractivity contribution in [3.63, 3.8) is 0 Å². The van der Waals surface area contributed by atoms with Crippen LogP contribution in [0.15, 0.2) is 48.3 Å². The molecule has 2 atom stereocenters. The van der Waals surface area contributed by atoms with E-state index in [0.717, 1.165) is 28.9 Å². The Hall–Kier alpha value is -4.12. The number of aryl methyl sites for hydroxylation is 1. The van der Waals surface area contributed by atoms with Crippen molar-refractivity contribution in [2.75, 3.05) is 20.3 Å². The summed E-state index contributed by atoms with van der Waals surface area (Å²) in [6, 6.07) is 9.30. The van der Waals surface area contributed by atoms with Crippen molar-refractivity contribution in [2.45, 2.75) is 39.8 Å². The number of allylic oxidation sites excluding steroid dienone is 1. The lowest BCUT2D eigenvalue weighted by Gasteiger charge is -2.22. The van der Waals surface area contributed by atoms with E-state index in [0.29, 0.717) is 5.70 Å². The van der Waals surface area contributed by atoms with E-state index >= 15 is 0 Å². The van der Waals surface area contributed by atoms with Gasteiger partial charge in [0.25, 0.3) is 5.91 Å². The van der Waals surface area contributed by atoms with Crippen LogP contribution in [0.2, 0.25) is 0 Å². The number of para-hydroxylation sites is 1. The molecule has 4 heterocycles. The molecule has 1 amide bonds. The summed E-state index contributed by atoms with van der Waals surface area (Å²) >= 11 is 0. The van der Waals surface area contributed by atoms with Crippen molar-refractivity contribution < 1.29 is 32.6 Å². The summed E-state index contributed by atoms with van der Waals surface area (Å²) in [4.78, 5) is 37.6. The van der Waals surface area contributed by atoms with Crippen molar-refractivity contribution in [3.05, 3.63) is 76.5 Å². The Labute approximate surface area is 228 Å². The summed E-state index contributed by atoms with van der Waals surface area (Å²) in [5.41, 5.74) is 0.489. The van der Waals surface area contributed by atoms with Gasteiger partial charge in [0.2, 0.25) is 0 Å². The first-order valence-corrected chi connectivity index (χ1v) is 12.9. The number of rotatable bonds is 4. The number of carbonyl (C=O) groups excluding carboxylic acids is 2. The maximum absolute atomic E-state index is 13.8. The fraction of sp³-hybridized carbons (Fsp3) is 0.345. The van der Waals surface area contributed by atoms with Gasteiger partial charge >= 0.3 is 12.1 Å². The molecule has 40 heavy (non-hydrogen) atoms. The van der Waals surface area contributed by atoms with Gasteiger partial charge in [-0.25, -0.2) is 9.78 Å².